The van der Waals surface area contributed by atoms with Gasteiger partial charge in [0.2, 0.25) is 0 Å². The number of hydrogen-bond donors (Lipinski definition) is 1. The molecule has 0 amide bonds. The zero-order valence-corrected chi connectivity index (χ0v) is 7.59. The van der Waals surface area contributed by atoms with Gasteiger partial charge in [-0.1, -0.05) is 25.7 Å². The standard InChI is InChI=1S/C9H15NO2/c1-3-4-5-8(10)6-7-9(11)12-2/h8H,3-5,10H2,1-2H3. The van der Waals surface area contributed by atoms with Gasteiger partial charge in [-0.15, -0.1) is 0 Å². The van der Waals surface area contributed by atoms with E-state index in [1.54, 1.807) is 0 Å². The Hall–Kier alpha value is -1.01. The van der Waals surface area contributed by atoms with Crippen molar-refractivity contribution in [3.05, 3.63) is 0 Å². The number of esters is 1. The summed E-state index contributed by atoms with van der Waals surface area (Å²) in [5, 5.41) is 0. The Morgan fingerprint density at radius 2 is 2.33 bits per heavy atom. The van der Waals surface area contributed by atoms with E-state index in [1.807, 2.05) is 0 Å². The number of rotatable bonds is 3. The molecular weight excluding hydrogens is 154 g/mol. The molecule has 0 radical (unpaired) electrons. The van der Waals surface area contributed by atoms with Gasteiger partial charge in [-0.3, -0.25) is 0 Å². The summed E-state index contributed by atoms with van der Waals surface area (Å²) in [5.41, 5.74) is 5.58. The molecule has 0 aliphatic carbocycles. The first kappa shape index (κ1) is 11.0. The molecule has 0 fully saturated rings. The van der Waals surface area contributed by atoms with Crippen LogP contribution in [0.1, 0.15) is 26.2 Å². The van der Waals surface area contributed by atoms with Gasteiger partial charge in [-0.05, 0) is 6.42 Å². The predicted octanol–water partition coefficient (Wildman–Crippen LogP) is 0.680. The van der Waals surface area contributed by atoms with E-state index in [4.69, 9.17) is 5.73 Å². The first-order valence-electron chi connectivity index (χ1n) is 4.05. The normalized spacial score (nSPS) is 11.2. The van der Waals surface area contributed by atoms with Crippen molar-refractivity contribution in [1.82, 2.24) is 0 Å². The zero-order chi connectivity index (χ0) is 9.40. The molecule has 0 heterocycles. The van der Waals surface area contributed by atoms with E-state index in [2.05, 4.69) is 23.5 Å². The smallest absolute Gasteiger partial charge is 0.384 e. The average Bonchev–Trinajstić information content (AvgIpc) is 2.10. The second kappa shape index (κ2) is 6.68. The lowest BCUT2D eigenvalue weighted by Crippen LogP contribution is -2.17. The van der Waals surface area contributed by atoms with Gasteiger partial charge < -0.3 is 10.5 Å². The maximum absolute atomic E-state index is 10.5. The molecule has 0 spiro atoms. The monoisotopic (exact) mass is 169 g/mol. The van der Waals surface area contributed by atoms with Crippen molar-refractivity contribution in [2.24, 2.45) is 5.73 Å². The van der Waals surface area contributed by atoms with Gasteiger partial charge in [-0.2, -0.15) is 0 Å². The Bertz CT molecular complexity index is 190. The van der Waals surface area contributed by atoms with Crippen molar-refractivity contribution in [3.63, 3.8) is 0 Å². The third-order valence-corrected chi connectivity index (χ3v) is 1.41. The highest BCUT2D eigenvalue weighted by Crippen LogP contribution is 1.96. The van der Waals surface area contributed by atoms with E-state index in [1.165, 1.54) is 7.11 Å². The number of hydrogen-bond acceptors (Lipinski definition) is 3. The van der Waals surface area contributed by atoms with Crippen LogP contribution in [0.25, 0.3) is 0 Å². The number of carbonyl (C=O) groups excluding carboxylic acids is 1. The Kier molecular flexibility index (Phi) is 6.12. The highest BCUT2D eigenvalue weighted by molar-refractivity contribution is 5.88. The quantitative estimate of drug-likeness (QED) is 0.384. The lowest BCUT2D eigenvalue weighted by molar-refractivity contribution is -0.133. The van der Waals surface area contributed by atoms with Crippen molar-refractivity contribution in [3.8, 4) is 11.8 Å². The van der Waals surface area contributed by atoms with Crippen molar-refractivity contribution in [2.75, 3.05) is 7.11 Å². The summed E-state index contributed by atoms with van der Waals surface area (Å²) in [6.07, 6.45) is 2.96. The summed E-state index contributed by atoms with van der Waals surface area (Å²) in [4.78, 5) is 10.5. The van der Waals surface area contributed by atoms with Crippen molar-refractivity contribution < 1.29 is 9.53 Å². The number of unbranched alkanes of at least 4 members (excludes halogenated alkanes) is 1. The molecule has 0 aliphatic heterocycles. The van der Waals surface area contributed by atoms with Gasteiger partial charge in [0.15, 0.2) is 0 Å². The second-order valence-electron chi connectivity index (χ2n) is 2.51. The fraction of sp³-hybridized carbons (Fsp3) is 0.667. The van der Waals surface area contributed by atoms with Crippen LogP contribution in [0.2, 0.25) is 0 Å². The fourth-order valence-electron chi connectivity index (χ4n) is 0.699. The first-order chi connectivity index (χ1) is 5.70. The minimum absolute atomic E-state index is 0.205. The fourth-order valence-corrected chi connectivity index (χ4v) is 0.699. The van der Waals surface area contributed by atoms with Gasteiger partial charge in [0.1, 0.15) is 0 Å². The van der Waals surface area contributed by atoms with Crippen LogP contribution in [0.3, 0.4) is 0 Å². The molecule has 0 aromatic carbocycles. The van der Waals surface area contributed by atoms with Crippen LogP contribution in [0.15, 0.2) is 0 Å². The molecule has 0 rings (SSSR count). The predicted molar refractivity (Wildman–Crippen MR) is 47.3 cm³/mol. The Morgan fingerprint density at radius 1 is 1.67 bits per heavy atom. The number of ether oxygens (including phenoxy) is 1. The van der Waals surface area contributed by atoms with Gasteiger partial charge in [0.05, 0.1) is 13.2 Å². The third-order valence-electron chi connectivity index (χ3n) is 1.41. The average molecular weight is 169 g/mol. The highest BCUT2D eigenvalue weighted by atomic mass is 16.5. The van der Waals surface area contributed by atoms with E-state index >= 15 is 0 Å². The van der Waals surface area contributed by atoms with Crippen LogP contribution < -0.4 is 5.73 Å². The minimum atomic E-state index is -0.526. The van der Waals surface area contributed by atoms with Gasteiger partial charge >= 0.3 is 5.97 Å². The van der Waals surface area contributed by atoms with Crippen LogP contribution in [-0.2, 0) is 9.53 Å². The van der Waals surface area contributed by atoms with Crippen molar-refractivity contribution in [2.45, 2.75) is 32.2 Å². The molecule has 3 nitrogen and oxygen atoms in total. The SMILES string of the molecule is CCCCC(N)C#CC(=O)OC. The molecule has 0 aromatic heterocycles. The van der Waals surface area contributed by atoms with Crippen LogP contribution in [-0.4, -0.2) is 19.1 Å². The Labute approximate surface area is 73.3 Å². The topological polar surface area (TPSA) is 52.3 Å². The summed E-state index contributed by atoms with van der Waals surface area (Å²) in [7, 11) is 1.30. The summed E-state index contributed by atoms with van der Waals surface area (Å²) in [6, 6.07) is -0.205. The molecule has 0 aliphatic rings. The molecule has 1 atom stereocenters. The molecule has 0 aromatic rings. The molecule has 0 saturated heterocycles. The highest BCUT2D eigenvalue weighted by Gasteiger charge is 1.96. The zero-order valence-electron chi connectivity index (χ0n) is 7.59. The largest absolute Gasteiger partial charge is 0.459 e. The molecule has 2 N–H and O–H groups in total. The Morgan fingerprint density at radius 3 is 2.83 bits per heavy atom. The minimum Gasteiger partial charge on any atom is -0.459 e. The summed E-state index contributed by atoms with van der Waals surface area (Å²) < 4.78 is 4.34. The summed E-state index contributed by atoms with van der Waals surface area (Å²) in [5.74, 6) is 4.40. The van der Waals surface area contributed by atoms with Gasteiger partial charge in [0, 0.05) is 5.92 Å². The van der Waals surface area contributed by atoms with E-state index in [9.17, 15) is 4.79 Å². The van der Waals surface area contributed by atoms with Crippen LogP contribution in [0.4, 0.5) is 0 Å². The second-order valence-corrected chi connectivity index (χ2v) is 2.51. The van der Waals surface area contributed by atoms with E-state index in [0.29, 0.717) is 0 Å². The number of carbonyl (C=O) groups is 1. The van der Waals surface area contributed by atoms with Crippen LogP contribution in [0, 0.1) is 11.8 Å². The number of methoxy groups -OCH3 is 1. The van der Waals surface area contributed by atoms with Crippen LogP contribution in [0.5, 0.6) is 0 Å². The van der Waals surface area contributed by atoms with Gasteiger partial charge in [-0.25, -0.2) is 4.79 Å². The van der Waals surface area contributed by atoms with Gasteiger partial charge in [0.25, 0.3) is 0 Å². The maximum atomic E-state index is 10.5. The molecule has 0 bridgehead atoms. The van der Waals surface area contributed by atoms with E-state index in [-0.39, 0.29) is 6.04 Å². The molecule has 3 heteroatoms. The Balaban J connectivity index is 3.70. The first-order valence-corrected chi connectivity index (χ1v) is 4.05. The summed E-state index contributed by atoms with van der Waals surface area (Å²) >= 11 is 0. The van der Waals surface area contributed by atoms with Crippen molar-refractivity contribution >= 4 is 5.97 Å². The van der Waals surface area contributed by atoms with E-state index < -0.39 is 5.97 Å². The molecule has 0 saturated carbocycles. The molecule has 68 valence electrons. The maximum Gasteiger partial charge on any atom is 0.384 e. The molecule has 12 heavy (non-hydrogen) atoms. The third kappa shape index (κ3) is 5.75. The van der Waals surface area contributed by atoms with Crippen molar-refractivity contribution in [1.29, 1.82) is 0 Å². The molecular formula is C9H15NO2. The lowest BCUT2D eigenvalue weighted by atomic mass is 10.1. The lowest BCUT2D eigenvalue weighted by Gasteiger charge is -2.00. The van der Waals surface area contributed by atoms with Crippen LogP contribution >= 0.6 is 0 Å². The molecule has 1 unspecified atom stereocenters. The van der Waals surface area contributed by atoms with E-state index in [0.717, 1.165) is 19.3 Å². The number of nitrogens with two attached hydrogens (primary N) is 1. The summed E-state index contributed by atoms with van der Waals surface area (Å²) in [6.45, 7) is 2.08.